The summed E-state index contributed by atoms with van der Waals surface area (Å²) in [7, 11) is -1.45. The van der Waals surface area contributed by atoms with Crippen molar-refractivity contribution in [2.45, 2.75) is 54.6 Å². The minimum atomic E-state index is -1.45. The zero-order valence-corrected chi connectivity index (χ0v) is 19.2. The maximum Gasteiger partial charge on any atom is 0.488 e. The van der Waals surface area contributed by atoms with Crippen LogP contribution in [0.2, 0.25) is 0 Å². The predicted molar refractivity (Wildman–Crippen MR) is 133 cm³/mol. The second-order valence-corrected chi connectivity index (χ2v) is 6.48. The molecule has 0 unspecified atom stereocenters. The Morgan fingerprint density at radius 2 is 1.53 bits per heavy atom. The van der Waals surface area contributed by atoms with Crippen LogP contribution in [0.4, 0.5) is 0 Å². The molecule has 4 heteroatoms. The Kier molecular flexibility index (Phi) is 11.8. The van der Waals surface area contributed by atoms with E-state index in [9.17, 15) is 10.0 Å². The predicted octanol–water partition coefficient (Wildman–Crippen LogP) is 5.20. The van der Waals surface area contributed by atoms with Gasteiger partial charge in [0.1, 0.15) is 0 Å². The van der Waals surface area contributed by atoms with Crippen molar-refractivity contribution >= 4 is 29.4 Å². The van der Waals surface area contributed by atoms with Crippen molar-refractivity contribution in [3.8, 4) is 0 Å². The van der Waals surface area contributed by atoms with Gasteiger partial charge in [0.05, 0.1) is 0 Å². The zero-order chi connectivity index (χ0) is 22.5. The van der Waals surface area contributed by atoms with Crippen LogP contribution in [0.1, 0.15) is 56.9 Å². The topological polar surface area (TPSA) is 52.5 Å². The fourth-order valence-electron chi connectivity index (χ4n) is 3.45. The number of hydrogen-bond acceptors (Lipinski definition) is 3. The minimum absolute atomic E-state index is 0.544. The lowest BCUT2D eigenvalue weighted by Crippen LogP contribution is -2.34. The Hall–Kier alpha value is -2.40. The van der Waals surface area contributed by atoms with Crippen LogP contribution in [0.25, 0.3) is 16.8 Å². The summed E-state index contributed by atoms with van der Waals surface area (Å²) in [5, 5.41) is 25.0. The smallest absolute Gasteiger partial charge is 0.423 e. The molecule has 0 saturated heterocycles. The van der Waals surface area contributed by atoms with Crippen molar-refractivity contribution in [2.75, 3.05) is 0 Å². The van der Waals surface area contributed by atoms with Crippen LogP contribution in [0, 0.1) is 6.92 Å². The summed E-state index contributed by atoms with van der Waals surface area (Å²) in [5.74, 6) is 0. The first-order valence-corrected chi connectivity index (χ1v) is 10.9. The van der Waals surface area contributed by atoms with E-state index in [2.05, 4.69) is 54.7 Å². The summed E-state index contributed by atoms with van der Waals surface area (Å²) in [5.41, 5.74) is 5.20. The number of allylic oxidation sites excluding steroid dienone is 1. The normalized spacial score (nSPS) is 10.3. The summed E-state index contributed by atoms with van der Waals surface area (Å²) in [6.45, 7) is 13.5. The van der Waals surface area contributed by atoms with Gasteiger partial charge in [-0.05, 0) is 52.3 Å². The SMILES string of the molecule is C/C=C\c1c(C)cc2ccccc2c1CNCc1ccccc1B(O)O.CC.CC. The first-order chi connectivity index (χ1) is 14.6. The molecule has 0 bridgehead atoms. The number of fused-ring (bicyclic) bond motifs is 1. The third-order valence-corrected chi connectivity index (χ3v) is 4.69. The third-order valence-electron chi connectivity index (χ3n) is 4.69. The van der Waals surface area contributed by atoms with E-state index in [1.807, 2.05) is 52.8 Å². The maximum atomic E-state index is 9.53. The summed E-state index contributed by atoms with van der Waals surface area (Å²) >= 11 is 0. The van der Waals surface area contributed by atoms with Crippen molar-refractivity contribution in [3.63, 3.8) is 0 Å². The van der Waals surface area contributed by atoms with E-state index in [1.54, 1.807) is 6.07 Å². The molecule has 0 atom stereocenters. The summed E-state index contributed by atoms with van der Waals surface area (Å²) in [6.07, 6.45) is 4.22. The molecule has 3 aromatic rings. The fourth-order valence-corrected chi connectivity index (χ4v) is 3.45. The molecule has 0 amide bonds. The lowest BCUT2D eigenvalue weighted by molar-refractivity contribution is 0.425. The molecule has 0 spiro atoms. The van der Waals surface area contributed by atoms with E-state index in [0.717, 1.165) is 5.56 Å². The molecule has 3 rings (SSSR count). The van der Waals surface area contributed by atoms with Gasteiger partial charge < -0.3 is 15.4 Å². The molecular weight excluding hydrogens is 369 g/mol. The van der Waals surface area contributed by atoms with Gasteiger partial charge >= 0.3 is 7.12 Å². The number of hydrogen-bond donors (Lipinski definition) is 3. The molecule has 0 aliphatic carbocycles. The molecule has 0 saturated carbocycles. The molecule has 160 valence electrons. The first kappa shape index (κ1) is 25.6. The van der Waals surface area contributed by atoms with Gasteiger partial charge in [0.15, 0.2) is 0 Å². The minimum Gasteiger partial charge on any atom is -0.423 e. The molecule has 0 radical (unpaired) electrons. The highest BCUT2D eigenvalue weighted by Gasteiger charge is 2.15. The van der Waals surface area contributed by atoms with E-state index < -0.39 is 7.12 Å². The Morgan fingerprint density at radius 1 is 0.900 bits per heavy atom. The van der Waals surface area contributed by atoms with Crippen molar-refractivity contribution < 1.29 is 10.0 Å². The number of benzene rings is 3. The largest absolute Gasteiger partial charge is 0.488 e. The van der Waals surface area contributed by atoms with Gasteiger partial charge in [-0.25, -0.2) is 0 Å². The lowest BCUT2D eigenvalue weighted by atomic mass is 9.77. The Bertz CT molecular complexity index is 935. The average Bonchev–Trinajstić information content (AvgIpc) is 2.78. The highest BCUT2D eigenvalue weighted by Crippen LogP contribution is 2.27. The van der Waals surface area contributed by atoms with Crippen LogP contribution in [0.15, 0.2) is 60.7 Å². The summed E-state index contributed by atoms with van der Waals surface area (Å²) < 4.78 is 0. The van der Waals surface area contributed by atoms with Gasteiger partial charge in [-0.3, -0.25) is 0 Å². The maximum absolute atomic E-state index is 9.53. The molecule has 0 aliphatic heterocycles. The number of nitrogens with one attached hydrogen (secondary N) is 1. The van der Waals surface area contributed by atoms with E-state index in [1.165, 1.54) is 27.5 Å². The number of rotatable bonds is 6. The third kappa shape index (κ3) is 6.56. The highest BCUT2D eigenvalue weighted by atomic mass is 16.4. The molecular formula is C26H36BNO2. The second kappa shape index (κ2) is 13.8. The van der Waals surface area contributed by atoms with Gasteiger partial charge in [0, 0.05) is 13.1 Å². The van der Waals surface area contributed by atoms with Gasteiger partial charge in [-0.2, -0.15) is 0 Å². The Labute approximate surface area is 182 Å². The van der Waals surface area contributed by atoms with Gasteiger partial charge in [0.25, 0.3) is 0 Å². The van der Waals surface area contributed by atoms with Crippen LogP contribution in [-0.2, 0) is 13.1 Å². The van der Waals surface area contributed by atoms with E-state index in [-0.39, 0.29) is 0 Å². The molecule has 0 heterocycles. The average molecular weight is 405 g/mol. The molecule has 3 nitrogen and oxygen atoms in total. The van der Waals surface area contributed by atoms with E-state index in [4.69, 9.17) is 0 Å². The van der Waals surface area contributed by atoms with Crippen molar-refractivity contribution in [1.29, 1.82) is 0 Å². The van der Waals surface area contributed by atoms with Crippen LogP contribution >= 0.6 is 0 Å². The van der Waals surface area contributed by atoms with Gasteiger partial charge in [-0.1, -0.05) is 94.4 Å². The molecule has 0 aliphatic rings. The lowest BCUT2D eigenvalue weighted by Gasteiger charge is -2.16. The van der Waals surface area contributed by atoms with Crippen LogP contribution < -0.4 is 10.8 Å². The molecule has 0 fully saturated rings. The van der Waals surface area contributed by atoms with Crippen molar-refractivity contribution in [2.24, 2.45) is 0 Å². The van der Waals surface area contributed by atoms with Gasteiger partial charge in [-0.15, -0.1) is 0 Å². The molecule has 30 heavy (non-hydrogen) atoms. The van der Waals surface area contributed by atoms with Gasteiger partial charge in [0.2, 0.25) is 0 Å². The first-order valence-electron chi connectivity index (χ1n) is 10.9. The fraction of sp³-hybridized carbons (Fsp3) is 0.308. The Balaban J connectivity index is 0.00000106. The summed E-state index contributed by atoms with van der Waals surface area (Å²) in [6, 6.07) is 18.0. The molecule has 3 N–H and O–H groups in total. The highest BCUT2D eigenvalue weighted by molar-refractivity contribution is 6.59. The molecule has 3 aromatic carbocycles. The van der Waals surface area contributed by atoms with Crippen molar-refractivity contribution in [3.05, 3.63) is 82.9 Å². The second-order valence-electron chi connectivity index (χ2n) is 6.48. The number of aryl methyl sites for hydroxylation is 1. The van der Waals surface area contributed by atoms with Crippen LogP contribution in [0.5, 0.6) is 0 Å². The van der Waals surface area contributed by atoms with Crippen LogP contribution in [-0.4, -0.2) is 17.2 Å². The zero-order valence-electron chi connectivity index (χ0n) is 19.2. The van der Waals surface area contributed by atoms with E-state index in [0.29, 0.717) is 18.6 Å². The molecule has 0 aromatic heterocycles. The summed E-state index contributed by atoms with van der Waals surface area (Å²) in [4.78, 5) is 0. The van der Waals surface area contributed by atoms with E-state index >= 15 is 0 Å². The van der Waals surface area contributed by atoms with Crippen molar-refractivity contribution in [1.82, 2.24) is 5.32 Å². The monoisotopic (exact) mass is 405 g/mol. The quantitative estimate of drug-likeness (QED) is 0.494. The standard InChI is InChI=1S/C22H24BNO2.2C2H6/c1-3-8-19-16(2)13-17-9-4-6-11-20(17)21(19)15-24-14-18-10-5-7-12-22(18)23(25)26;2*1-2/h3-13,24-26H,14-15H2,1-2H3;2*1-2H3/b8-3-;;. The van der Waals surface area contributed by atoms with Crippen LogP contribution in [0.3, 0.4) is 0 Å². The Morgan fingerprint density at radius 3 is 2.20 bits per heavy atom.